The van der Waals surface area contributed by atoms with Gasteiger partial charge in [-0.05, 0) is 36.2 Å². The van der Waals surface area contributed by atoms with Crippen LogP contribution >= 0.6 is 11.8 Å². The van der Waals surface area contributed by atoms with Crippen LogP contribution in [0.2, 0.25) is 0 Å². The third kappa shape index (κ3) is 4.93. The van der Waals surface area contributed by atoms with Gasteiger partial charge >= 0.3 is 0 Å². The number of hydrogen-bond donors (Lipinski definition) is 1. The van der Waals surface area contributed by atoms with Crippen LogP contribution in [0, 0.1) is 6.92 Å². The molecule has 0 saturated heterocycles. The molecule has 0 aliphatic heterocycles. The van der Waals surface area contributed by atoms with Gasteiger partial charge in [-0.3, -0.25) is 4.79 Å². The Morgan fingerprint density at radius 3 is 2.52 bits per heavy atom. The Kier molecular flexibility index (Phi) is 6.35. The lowest BCUT2D eigenvalue weighted by molar-refractivity contribution is -0.118. The van der Waals surface area contributed by atoms with Crippen molar-refractivity contribution < 1.29 is 14.3 Å². The van der Waals surface area contributed by atoms with Crippen LogP contribution in [0.4, 0.5) is 0 Å². The van der Waals surface area contributed by atoms with Crippen LogP contribution in [0.15, 0.2) is 47.4 Å². The zero-order valence-corrected chi connectivity index (χ0v) is 14.4. The summed E-state index contributed by atoms with van der Waals surface area (Å²) in [5, 5.41) is 2.95. The Hall–Kier alpha value is -2.14. The fourth-order valence-corrected chi connectivity index (χ4v) is 2.86. The van der Waals surface area contributed by atoms with Gasteiger partial charge in [0.2, 0.25) is 5.91 Å². The van der Waals surface area contributed by atoms with Gasteiger partial charge in [-0.1, -0.05) is 24.3 Å². The highest BCUT2D eigenvalue weighted by molar-refractivity contribution is 8.00. The number of nitrogens with one attached hydrogen (secondary N) is 1. The van der Waals surface area contributed by atoms with Crippen LogP contribution in [0.25, 0.3) is 0 Å². The number of methoxy groups -OCH3 is 2. The number of amides is 1. The topological polar surface area (TPSA) is 47.6 Å². The van der Waals surface area contributed by atoms with Gasteiger partial charge in [0.1, 0.15) is 0 Å². The fraction of sp³-hybridized carbons (Fsp3) is 0.278. The van der Waals surface area contributed by atoms with E-state index in [2.05, 4.69) is 5.32 Å². The van der Waals surface area contributed by atoms with E-state index < -0.39 is 0 Å². The van der Waals surface area contributed by atoms with Crippen molar-refractivity contribution in [1.82, 2.24) is 5.32 Å². The van der Waals surface area contributed by atoms with E-state index in [0.717, 1.165) is 10.5 Å². The number of thioether (sulfide) groups is 1. The lowest BCUT2D eigenvalue weighted by atomic mass is 10.1. The second-order valence-corrected chi connectivity index (χ2v) is 6.06. The first kappa shape index (κ1) is 17.2. The van der Waals surface area contributed by atoms with Crippen molar-refractivity contribution in [3.63, 3.8) is 0 Å². The minimum absolute atomic E-state index is 0.00744. The van der Waals surface area contributed by atoms with Crippen molar-refractivity contribution in [1.29, 1.82) is 0 Å². The SMILES string of the molecule is COc1ccc(SCC(=O)NCc2ccccc2C)cc1OC. The summed E-state index contributed by atoms with van der Waals surface area (Å²) in [6.07, 6.45) is 0. The molecule has 0 aliphatic rings. The van der Waals surface area contributed by atoms with Crippen LogP contribution in [0.3, 0.4) is 0 Å². The molecule has 0 saturated carbocycles. The molecule has 23 heavy (non-hydrogen) atoms. The van der Waals surface area contributed by atoms with Crippen LogP contribution in [0.1, 0.15) is 11.1 Å². The normalized spacial score (nSPS) is 10.2. The largest absolute Gasteiger partial charge is 0.493 e. The number of carbonyl (C=O) groups is 1. The van der Waals surface area contributed by atoms with E-state index in [1.165, 1.54) is 17.3 Å². The zero-order valence-electron chi connectivity index (χ0n) is 13.6. The predicted molar refractivity (Wildman–Crippen MR) is 93.3 cm³/mol. The second-order valence-electron chi connectivity index (χ2n) is 5.01. The maximum absolute atomic E-state index is 12.0. The highest BCUT2D eigenvalue weighted by atomic mass is 32.2. The lowest BCUT2D eigenvalue weighted by Gasteiger charge is -2.10. The first-order chi connectivity index (χ1) is 11.1. The van der Waals surface area contributed by atoms with E-state index in [1.54, 1.807) is 14.2 Å². The minimum atomic E-state index is 0.00744. The molecule has 1 amide bonds. The maximum Gasteiger partial charge on any atom is 0.230 e. The Bertz CT molecular complexity index is 673. The van der Waals surface area contributed by atoms with Gasteiger partial charge in [-0.15, -0.1) is 11.8 Å². The first-order valence-electron chi connectivity index (χ1n) is 7.30. The summed E-state index contributed by atoms with van der Waals surface area (Å²) in [7, 11) is 3.20. The number of benzene rings is 2. The van der Waals surface area contributed by atoms with Crippen molar-refractivity contribution in [2.45, 2.75) is 18.4 Å². The van der Waals surface area contributed by atoms with Gasteiger partial charge in [0.25, 0.3) is 0 Å². The minimum Gasteiger partial charge on any atom is -0.493 e. The molecule has 0 unspecified atom stereocenters. The summed E-state index contributed by atoms with van der Waals surface area (Å²) in [6, 6.07) is 13.7. The van der Waals surface area contributed by atoms with Gasteiger partial charge < -0.3 is 14.8 Å². The quantitative estimate of drug-likeness (QED) is 0.790. The Morgan fingerprint density at radius 2 is 1.83 bits per heavy atom. The number of hydrogen-bond acceptors (Lipinski definition) is 4. The Balaban J connectivity index is 1.86. The van der Waals surface area contributed by atoms with Crippen LogP contribution in [0.5, 0.6) is 11.5 Å². The average Bonchev–Trinajstić information content (AvgIpc) is 2.58. The molecule has 4 nitrogen and oxygen atoms in total. The average molecular weight is 331 g/mol. The molecule has 0 heterocycles. The van der Waals surface area contributed by atoms with E-state index in [1.807, 2.05) is 49.4 Å². The fourth-order valence-electron chi connectivity index (χ4n) is 2.11. The first-order valence-corrected chi connectivity index (χ1v) is 8.28. The van der Waals surface area contributed by atoms with Crippen molar-refractivity contribution in [2.75, 3.05) is 20.0 Å². The molecule has 2 rings (SSSR count). The summed E-state index contributed by atoms with van der Waals surface area (Å²) < 4.78 is 10.5. The van der Waals surface area contributed by atoms with Gasteiger partial charge in [-0.2, -0.15) is 0 Å². The van der Waals surface area contributed by atoms with E-state index in [9.17, 15) is 4.79 Å². The molecule has 0 bridgehead atoms. The molecule has 5 heteroatoms. The van der Waals surface area contributed by atoms with Gasteiger partial charge in [0.15, 0.2) is 11.5 Å². The van der Waals surface area contributed by atoms with E-state index in [4.69, 9.17) is 9.47 Å². The molecule has 0 atom stereocenters. The zero-order chi connectivity index (χ0) is 16.7. The van der Waals surface area contributed by atoms with Gasteiger partial charge in [0.05, 0.1) is 20.0 Å². The molecule has 0 aliphatic carbocycles. The third-order valence-corrected chi connectivity index (χ3v) is 4.46. The van der Waals surface area contributed by atoms with Crippen LogP contribution in [-0.4, -0.2) is 25.9 Å². The Labute approximate surface area is 141 Å². The molecular weight excluding hydrogens is 310 g/mol. The summed E-state index contributed by atoms with van der Waals surface area (Å²) in [5.74, 6) is 1.72. The van der Waals surface area contributed by atoms with Crippen molar-refractivity contribution in [3.05, 3.63) is 53.6 Å². The molecule has 0 spiro atoms. The summed E-state index contributed by atoms with van der Waals surface area (Å²) >= 11 is 1.47. The van der Waals surface area contributed by atoms with Crippen molar-refractivity contribution >= 4 is 17.7 Å². The number of ether oxygens (including phenoxy) is 2. The maximum atomic E-state index is 12.0. The summed E-state index contributed by atoms with van der Waals surface area (Å²) in [6.45, 7) is 2.60. The van der Waals surface area contributed by atoms with Crippen molar-refractivity contribution in [2.24, 2.45) is 0 Å². The molecule has 122 valence electrons. The molecule has 2 aromatic carbocycles. The predicted octanol–water partition coefficient (Wildman–Crippen LogP) is 3.42. The summed E-state index contributed by atoms with van der Waals surface area (Å²) in [5.41, 5.74) is 2.32. The second kappa shape index (κ2) is 8.48. The van der Waals surface area contributed by atoms with Gasteiger partial charge in [0, 0.05) is 11.4 Å². The molecule has 1 N–H and O–H groups in total. The van der Waals surface area contributed by atoms with Crippen LogP contribution < -0.4 is 14.8 Å². The smallest absolute Gasteiger partial charge is 0.230 e. The molecular formula is C18H21NO3S. The molecule has 0 aromatic heterocycles. The molecule has 2 aromatic rings. The lowest BCUT2D eigenvalue weighted by Crippen LogP contribution is -2.24. The number of rotatable bonds is 7. The summed E-state index contributed by atoms with van der Waals surface area (Å²) in [4.78, 5) is 13.0. The standard InChI is InChI=1S/C18H21NO3S/c1-13-6-4-5-7-14(13)11-19-18(20)12-23-15-8-9-16(21-2)17(10-15)22-3/h4-10H,11-12H2,1-3H3,(H,19,20). The monoisotopic (exact) mass is 331 g/mol. The Morgan fingerprint density at radius 1 is 1.09 bits per heavy atom. The highest BCUT2D eigenvalue weighted by Crippen LogP contribution is 2.31. The molecule has 0 radical (unpaired) electrons. The van der Waals surface area contributed by atoms with E-state index in [-0.39, 0.29) is 5.91 Å². The van der Waals surface area contributed by atoms with E-state index in [0.29, 0.717) is 23.8 Å². The number of aryl methyl sites for hydroxylation is 1. The van der Waals surface area contributed by atoms with E-state index >= 15 is 0 Å². The molecule has 0 fully saturated rings. The van der Waals surface area contributed by atoms with Crippen LogP contribution in [-0.2, 0) is 11.3 Å². The number of carbonyl (C=O) groups excluding carboxylic acids is 1. The third-order valence-electron chi connectivity index (χ3n) is 3.46. The highest BCUT2D eigenvalue weighted by Gasteiger charge is 2.08. The van der Waals surface area contributed by atoms with Gasteiger partial charge in [-0.25, -0.2) is 0 Å². The van der Waals surface area contributed by atoms with Crippen molar-refractivity contribution in [3.8, 4) is 11.5 Å².